The second-order valence-electron chi connectivity index (χ2n) is 6.13. The van der Waals surface area contributed by atoms with Crippen molar-refractivity contribution in [3.8, 4) is 0 Å². The number of quaternary nitrogens is 1. The van der Waals surface area contributed by atoms with Crippen LogP contribution < -0.4 is 10.2 Å². The topological polar surface area (TPSA) is 33.5 Å². The van der Waals surface area contributed by atoms with Gasteiger partial charge in [0.05, 0.1) is 11.9 Å². The number of para-hydroxylation sites is 1. The molecule has 2 rings (SSSR count). The molecule has 1 aromatic carbocycles. The molecular weight excluding hydrogens is 292 g/mol. The molecule has 4 heteroatoms. The Morgan fingerprint density at radius 2 is 2.05 bits per heavy atom. The highest BCUT2D eigenvalue weighted by atomic mass is 32.1. The molecule has 0 aliphatic carbocycles. The van der Waals surface area contributed by atoms with Crippen LogP contribution in [0.4, 0.5) is 5.69 Å². The van der Waals surface area contributed by atoms with Gasteiger partial charge in [0.25, 0.3) is 5.91 Å². The first-order valence-electron chi connectivity index (χ1n) is 7.70. The normalized spacial score (nSPS) is 12.4. The summed E-state index contributed by atoms with van der Waals surface area (Å²) in [4.78, 5) is 14.9. The van der Waals surface area contributed by atoms with Crippen molar-refractivity contribution in [2.24, 2.45) is 0 Å². The van der Waals surface area contributed by atoms with E-state index in [1.165, 1.54) is 15.3 Å². The lowest BCUT2D eigenvalue weighted by atomic mass is 9.98. The molecule has 1 heterocycles. The molecule has 0 saturated carbocycles. The van der Waals surface area contributed by atoms with Crippen molar-refractivity contribution in [3.05, 3.63) is 51.7 Å². The molecule has 118 valence electrons. The monoisotopic (exact) mass is 317 g/mol. The third-order valence-corrected chi connectivity index (χ3v) is 4.59. The van der Waals surface area contributed by atoms with E-state index in [2.05, 4.69) is 55.9 Å². The van der Waals surface area contributed by atoms with Crippen LogP contribution in [0.25, 0.3) is 0 Å². The molecule has 22 heavy (non-hydrogen) atoms. The van der Waals surface area contributed by atoms with Gasteiger partial charge >= 0.3 is 0 Å². The SMILES string of the molecule is Cc1cccc(C(C)C)c1NC(=O)C[NH+](C)Cc1cccs1. The van der Waals surface area contributed by atoms with Crippen LogP contribution >= 0.6 is 11.3 Å². The standard InChI is InChI=1S/C18H24N2OS/c1-13(2)16-9-5-7-14(3)18(16)19-17(21)12-20(4)11-15-8-6-10-22-15/h5-10,13H,11-12H2,1-4H3,(H,19,21)/p+1. The molecule has 1 unspecified atom stereocenters. The third-order valence-electron chi connectivity index (χ3n) is 3.71. The molecule has 3 nitrogen and oxygen atoms in total. The van der Waals surface area contributed by atoms with E-state index in [0.29, 0.717) is 12.5 Å². The van der Waals surface area contributed by atoms with Gasteiger partial charge in [-0.1, -0.05) is 38.1 Å². The predicted molar refractivity (Wildman–Crippen MR) is 93.7 cm³/mol. The Labute approximate surface area is 137 Å². The van der Waals surface area contributed by atoms with Crippen LogP contribution in [-0.2, 0) is 11.3 Å². The van der Waals surface area contributed by atoms with Gasteiger partial charge in [-0.15, -0.1) is 11.3 Å². The van der Waals surface area contributed by atoms with Gasteiger partial charge in [-0.2, -0.15) is 0 Å². The number of benzene rings is 1. The number of anilines is 1. The van der Waals surface area contributed by atoms with E-state index in [1.807, 2.05) is 13.0 Å². The highest BCUT2D eigenvalue weighted by molar-refractivity contribution is 7.09. The molecule has 1 amide bonds. The minimum atomic E-state index is 0.0743. The fourth-order valence-corrected chi connectivity index (χ4v) is 3.39. The molecule has 1 atom stereocenters. The van der Waals surface area contributed by atoms with Crippen molar-refractivity contribution >= 4 is 22.9 Å². The first kappa shape index (κ1) is 16.7. The van der Waals surface area contributed by atoms with Crippen molar-refractivity contribution in [1.82, 2.24) is 0 Å². The van der Waals surface area contributed by atoms with Gasteiger partial charge in [0, 0.05) is 5.69 Å². The number of aryl methyl sites for hydroxylation is 1. The van der Waals surface area contributed by atoms with Gasteiger partial charge in [0.1, 0.15) is 6.54 Å². The lowest BCUT2D eigenvalue weighted by Crippen LogP contribution is -3.08. The zero-order valence-corrected chi connectivity index (χ0v) is 14.6. The minimum Gasteiger partial charge on any atom is -0.325 e. The van der Waals surface area contributed by atoms with Crippen LogP contribution in [0.5, 0.6) is 0 Å². The number of carbonyl (C=O) groups is 1. The zero-order valence-electron chi connectivity index (χ0n) is 13.8. The molecule has 0 radical (unpaired) electrons. The van der Waals surface area contributed by atoms with Crippen LogP contribution in [0.1, 0.15) is 35.8 Å². The third kappa shape index (κ3) is 4.42. The van der Waals surface area contributed by atoms with Gasteiger partial charge in [-0.05, 0) is 35.4 Å². The van der Waals surface area contributed by atoms with E-state index in [9.17, 15) is 4.79 Å². The minimum absolute atomic E-state index is 0.0743. The summed E-state index contributed by atoms with van der Waals surface area (Å²) in [7, 11) is 2.06. The largest absolute Gasteiger partial charge is 0.325 e. The molecule has 0 fully saturated rings. The number of amides is 1. The molecule has 0 aliphatic rings. The fraction of sp³-hybridized carbons (Fsp3) is 0.389. The number of thiophene rings is 1. The Morgan fingerprint density at radius 1 is 1.27 bits per heavy atom. The summed E-state index contributed by atoms with van der Waals surface area (Å²) >= 11 is 1.74. The maximum absolute atomic E-state index is 12.3. The maximum Gasteiger partial charge on any atom is 0.279 e. The smallest absolute Gasteiger partial charge is 0.279 e. The van der Waals surface area contributed by atoms with Gasteiger partial charge in [0.2, 0.25) is 0 Å². The Balaban J connectivity index is 2.00. The van der Waals surface area contributed by atoms with Gasteiger partial charge in [-0.25, -0.2) is 0 Å². The maximum atomic E-state index is 12.3. The quantitative estimate of drug-likeness (QED) is 0.844. The van der Waals surface area contributed by atoms with Crippen LogP contribution in [0.2, 0.25) is 0 Å². The Morgan fingerprint density at radius 3 is 2.68 bits per heavy atom. The molecule has 2 aromatic rings. The number of nitrogens with one attached hydrogen (secondary N) is 2. The number of likely N-dealkylation sites (N-methyl/N-ethyl adjacent to an activating group) is 1. The Bertz CT molecular complexity index is 620. The van der Waals surface area contributed by atoms with E-state index < -0.39 is 0 Å². The zero-order chi connectivity index (χ0) is 16.1. The Hall–Kier alpha value is -1.65. The number of hydrogen-bond donors (Lipinski definition) is 2. The van der Waals surface area contributed by atoms with E-state index >= 15 is 0 Å². The first-order chi connectivity index (χ1) is 10.5. The molecular formula is C18H25N2OS+. The van der Waals surface area contributed by atoms with Crippen molar-refractivity contribution in [2.75, 3.05) is 18.9 Å². The lowest BCUT2D eigenvalue weighted by Gasteiger charge is -2.18. The Kier molecular flexibility index (Phi) is 5.75. The van der Waals surface area contributed by atoms with Crippen LogP contribution in [0.15, 0.2) is 35.7 Å². The summed E-state index contributed by atoms with van der Waals surface area (Å²) in [6.07, 6.45) is 0. The summed E-state index contributed by atoms with van der Waals surface area (Å²) in [5.41, 5.74) is 3.30. The summed E-state index contributed by atoms with van der Waals surface area (Å²) in [5, 5.41) is 5.19. The summed E-state index contributed by atoms with van der Waals surface area (Å²) in [5.74, 6) is 0.469. The van der Waals surface area contributed by atoms with Crippen molar-refractivity contribution in [3.63, 3.8) is 0 Å². The predicted octanol–water partition coefficient (Wildman–Crippen LogP) is 2.83. The van der Waals surface area contributed by atoms with Crippen molar-refractivity contribution in [1.29, 1.82) is 0 Å². The molecule has 0 aliphatic heterocycles. The number of carbonyl (C=O) groups excluding carboxylic acids is 1. The van der Waals surface area contributed by atoms with E-state index in [1.54, 1.807) is 11.3 Å². The highest BCUT2D eigenvalue weighted by Crippen LogP contribution is 2.27. The average Bonchev–Trinajstić information content (AvgIpc) is 2.93. The summed E-state index contributed by atoms with van der Waals surface area (Å²) in [6.45, 7) is 7.71. The van der Waals surface area contributed by atoms with Gasteiger partial charge in [0.15, 0.2) is 6.54 Å². The average molecular weight is 317 g/mol. The number of rotatable bonds is 6. The first-order valence-corrected chi connectivity index (χ1v) is 8.58. The summed E-state index contributed by atoms with van der Waals surface area (Å²) < 4.78 is 0. The van der Waals surface area contributed by atoms with Crippen LogP contribution in [-0.4, -0.2) is 19.5 Å². The van der Waals surface area contributed by atoms with Crippen molar-refractivity contribution < 1.29 is 9.69 Å². The molecule has 0 saturated heterocycles. The second-order valence-corrected chi connectivity index (χ2v) is 7.16. The fourth-order valence-electron chi connectivity index (χ4n) is 2.57. The van der Waals surface area contributed by atoms with Crippen LogP contribution in [0.3, 0.4) is 0 Å². The molecule has 1 aromatic heterocycles. The van der Waals surface area contributed by atoms with E-state index in [0.717, 1.165) is 17.8 Å². The van der Waals surface area contributed by atoms with E-state index in [4.69, 9.17) is 0 Å². The van der Waals surface area contributed by atoms with Crippen molar-refractivity contribution in [2.45, 2.75) is 33.2 Å². The lowest BCUT2D eigenvalue weighted by molar-refractivity contribution is -0.884. The van der Waals surface area contributed by atoms with Gasteiger partial charge in [-0.3, -0.25) is 4.79 Å². The highest BCUT2D eigenvalue weighted by Gasteiger charge is 2.15. The summed E-state index contributed by atoms with van der Waals surface area (Å²) in [6, 6.07) is 10.4. The van der Waals surface area contributed by atoms with Gasteiger partial charge < -0.3 is 10.2 Å². The molecule has 0 bridgehead atoms. The molecule has 2 N–H and O–H groups in total. The van der Waals surface area contributed by atoms with E-state index in [-0.39, 0.29) is 5.91 Å². The second kappa shape index (κ2) is 7.56. The molecule has 0 spiro atoms. The van der Waals surface area contributed by atoms with Crippen LogP contribution in [0, 0.1) is 6.92 Å². The number of hydrogen-bond acceptors (Lipinski definition) is 2.